The number of amides is 2. The lowest BCUT2D eigenvalue weighted by molar-refractivity contribution is -0.131. The number of carbonyl (C=O) groups excluding carboxylic acids is 2. The molecular formula is C18H27N3O2S. The van der Waals surface area contributed by atoms with E-state index >= 15 is 0 Å². The fourth-order valence-electron chi connectivity index (χ4n) is 2.75. The summed E-state index contributed by atoms with van der Waals surface area (Å²) in [6.45, 7) is 6.14. The van der Waals surface area contributed by atoms with Gasteiger partial charge in [0, 0.05) is 18.8 Å². The van der Waals surface area contributed by atoms with Gasteiger partial charge in [-0.25, -0.2) is 0 Å². The van der Waals surface area contributed by atoms with Gasteiger partial charge >= 0.3 is 0 Å². The smallest absolute Gasteiger partial charge is 0.235 e. The highest BCUT2D eigenvalue weighted by Crippen LogP contribution is 2.20. The van der Waals surface area contributed by atoms with E-state index in [0.717, 1.165) is 37.2 Å². The van der Waals surface area contributed by atoms with E-state index in [2.05, 4.69) is 5.32 Å². The molecule has 0 bridgehead atoms. The molecule has 5 nitrogen and oxygen atoms in total. The minimum absolute atomic E-state index is 0.0784. The number of piperidine rings is 1. The summed E-state index contributed by atoms with van der Waals surface area (Å²) in [6.07, 6.45) is 1.96. The lowest BCUT2D eigenvalue weighted by Gasteiger charge is -2.33. The van der Waals surface area contributed by atoms with Crippen molar-refractivity contribution in [2.45, 2.75) is 31.9 Å². The minimum Gasteiger partial charge on any atom is -0.342 e. The van der Waals surface area contributed by atoms with Gasteiger partial charge in [0.2, 0.25) is 11.8 Å². The van der Waals surface area contributed by atoms with Crippen molar-refractivity contribution in [2.24, 2.45) is 11.7 Å². The molecule has 1 heterocycles. The molecule has 24 heavy (non-hydrogen) atoms. The molecule has 1 fully saturated rings. The number of hydrogen-bond acceptors (Lipinski definition) is 4. The Morgan fingerprint density at radius 1 is 1.29 bits per heavy atom. The summed E-state index contributed by atoms with van der Waals surface area (Å²) < 4.78 is 0. The van der Waals surface area contributed by atoms with Crippen LogP contribution in [0.15, 0.2) is 24.3 Å². The van der Waals surface area contributed by atoms with Gasteiger partial charge in [0.05, 0.1) is 11.0 Å². The van der Waals surface area contributed by atoms with Gasteiger partial charge in [-0.1, -0.05) is 17.7 Å². The third-order valence-corrected chi connectivity index (χ3v) is 5.54. The van der Waals surface area contributed by atoms with Crippen LogP contribution in [0.4, 0.5) is 5.69 Å². The summed E-state index contributed by atoms with van der Waals surface area (Å²) in [6, 6.07) is 7.68. The SMILES string of the molecule is Cc1ccc(NC(=O)CSC(C)C(=O)N2CCC(CN)CC2)cc1. The number of carbonyl (C=O) groups is 2. The summed E-state index contributed by atoms with van der Waals surface area (Å²) >= 11 is 1.39. The van der Waals surface area contributed by atoms with Crippen molar-refractivity contribution in [3.63, 3.8) is 0 Å². The van der Waals surface area contributed by atoms with Crippen LogP contribution in [-0.2, 0) is 9.59 Å². The molecule has 0 aliphatic carbocycles. The predicted molar refractivity (Wildman–Crippen MR) is 100 cm³/mol. The molecule has 6 heteroatoms. The van der Waals surface area contributed by atoms with E-state index in [1.165, 1.54) is 11.8 Å². The molecule has 0 radical (unpaired) electrons. The molecule has 2 amide bonds. The number of thioether (sulfide) groups is 1. The number of benzene rings is 1. The Morgan fingerprint density at radius 3 is 2.50 bits per heavy atom. The topological polar surface area (TPSA) is 75.4 Å². The molecule has 1 saturated heterocycles. The number of rotatable bonds is 6. The van der Waals surface area contributed by atoms with Gasteiger partial charge < -0.3 is 16.0 Å². The van der Waals surface area contributed by atoms with Crippen molar-refractivity contribution in [3.05, 3.63) is 29.8 Å². The first kappa shape index (κ1) is 18.8. The van der Waals surface area contributed by atoms with E-state index in [1.54, 1.807) is 0 Å². The molecule has 1 aliphatic heterocycles. The monoisotopic (exact) mass is 349 g/mol. The molecule has 1 atom stereocenters. The molecule has 132 valence electrons. The maximum atomic E-state index is 12.4. The Labute approximate surface area is 148 Å². The van der Waals surface area contributed by atoms with Crippen molar-refractivity contribution in [1.29, 1.82) is 0 Å². The molecule has 3 N–H and O–H groups in total. The largest absolute Gasteiger partial charge is 0.342 e. The molecule has 1 aromatic carbocycles. The standard InChI is InChI=1S/C18H27N3O2S/c1-13-3-5-16(6-4-13)20-17(22)12-24-14(2)18(23)21-9-7-15(11-19)8-10-21/h3-6,14-15H,7-12,19H2,1-2H3,(H,20,22). The molecular weight excluding hydrogens is 322 g/mol. The van der Waals surface area contributed by atoms with Gasteiger partial charge in [0.25, 0.3) is 0 Å². The molecule has 0 aromatic heterocycles. The Balaban J connectivity index is 1.73. The Kier molecular flexibility index (Phi) is 7.12. The van der Waals surface area contributed by atoms with E-state index in [4.69, 9.17) is 5.73 Å². The van der Waals surface area contributed by atoms with E-state index < -0.39 is 0 Å². The fraction of sp³-hybridized carbons (Fsp3) is 0.556. The van der Waals surface area contributed by atoms with E-state index in [-0.39, 0.29) is 22.8 Å². The first-order chi connectivity index (χ1) is 11.5. The highest BCUT2D eigenvalue weighted by Gasteiger charge is 2.26. The summed E-state index contributed by atoms with van der Waals surface area (Å²) in [5.74, 6) is 0.862. The number of hydrogen-bond donors (Lipinski definition) is 2. The molecule has 2 rings (SSSR count). The summed E-state index contributed by atoms with van der Waals surface area (Å²) in [7, 11) is 0. The zero-order chi connectivity index (χ0) is 17.5. The van der Waals surface area contributed by atoms with Gasteiger partial charge in [0.15, 0.2) is 0 Å². The van der Waals surface area contributed by atoms with Crippen LogP contribution in [0.1, 0.15) is 25.3 Å². The van der Waals surface area contributed by atoms with Crippen LogP contribution in [0, 0.1) is 12.8 Å². The average Bonchev–Trinajstić information content (AvgIpc) is 2.61. The van der Waals surface area contributed by atoms with Crippen LogP contribution in [0.5, 0.6) is 0 Å². The molecule has 1 aliphatic rings. The van der Waals surface area contributed by atoms with Crippen molar-refractivity contribution >= 4 is 29.3 Å². The van der Waals surface area contributed by atoms with Gasteiger partial charge in [0.1, 0.15) is 0 Å². The number of nitrogens with two attached hydrogens (primary N) is 1. The third kappa shape index (κ3) is 5.53. The lowest BCUT2D eigenvalue weighted by atomic mass is 9.97. The maximum absolute atomic E-state index is 12.4. The number of aryl methyl sites for hydroxylation is 1. The van der Waals surface area contributed by atoms with Crippen molar-refractivity contribution in [1.82, 2.24) is 4.90 Å². The first-order valence-corrected chi connectivity index (χ1v) is 9.51. The quantitative estimate of drug-likeness (QED) is 0.826. The van der Waals surface area contributed by atoms with Gasteiger partial charge in [-0.15, -0.1) is 11.8 Å². The second-order valence-electron chi connectivity index (χ2n) is 6.37. The molecule has 1 aromatic rings. The second kappa shape index (κ2) is 9.08. The molecule has 0 spiro atoms. The zero-order valence-electron chi connectivity index (χ0n) is 14.5. The van der Waals surface area contributed by atoms with Crippen LogP contribution < -0.4 is 11.1 Å². The van der Waals surface area contributed by atoms with Crippen LogP contribution in [0.3, 0.4) is 0 Å². The number of likely N-dealkylation sites (tertiary alicyclic amines) is 1. The van der Waals surface area contributed by atoms with Crippen LogP contribution >= 0.6 is 11.8 Å². The van der Waals surface area contributed by atoms with E-state index in [9.17, 15) is 9.59 Å². The molecule has 1 unspecified atom stereocenters. The lowest BCUT2D eigenvalue weighted by Crippen LogP contribution is -2.43. The van der Waals surface area contributed by atoms with Gasteiger partial charge in [-0.3, -0.25) is 9.59 Å². The number of nitrogens with one attached hydrogen (secondary N) is 1. The average molecular weight is 350 g/mol. The van der Waals surface area contributed by atoms with E-state index in [0.29, 0.717) is 12.5 Å². The van der Waals surface area contributed by atoms with Crippen LogP contribution in [-0.4, -0.2) is 47.4 Å². The zero-order valence-corrected chi connectivity index (χ0v) is 15.3. The minimum atomic E-state index is -0.205. The predicted octanol–water partition coefficient (Wildman–Crippen LogP) is 2.25. The van der Waals surface area contributed by atoms with Gasteiger partial charge in [-0.05, 0) is 51.3 Å². The number of anilines is 1. The second-order valence-corrected chi connectivity index (χ2v) is 7.70. The molecule has 0 saturated carbocycles. The fourth-order valence-corrected chi connectivity index (χ4v) is 3.52. The third-order valence-electron chi connectivity index (χ3n) is 4.41. The Bertz CT molecular complexity index is 554. The normalized spacial score (nSPS) is 16.7. The highest BCUT2D eigenvalue weighted by atomic mass is 32.2. The summed E-state index contributed by atoms with van der Waals surface area (Å²) in [5.41, 5.74) is 7.62. The Morgan fingerprint density at radius 2 is 1.92 bits per heavy atom. The first-order valence-electron chi connectivity index (χ1n) is 8.46. The number of nitrogens with zero attached hydrogens (tertiary/aromatic N) is 1. The maximum Gasteiger partial charge on any atom is 0.235 e. The summed E-state index contributed by atoms with van der Waals surface area (Å²) in [5, 5.41) is 2.65. The van der Waals surface area contributed by atoms with Crippen molar-refractivity contribution < 1.29 is 9.59 Å². The van der Waals surface area contributed by atoms with Gasteiger partial charge in [-0.2, -0.15) is 0 Å². The Hall–Kier alpha value is -1.53. The van der Waals surface area contributed by atoms with Crippen molar-refractivity contribution in [2.75, 3.05) is 30.7 Å². The highest BCUT2D eigenvalue weighted by molar-refractivity contribution is 8.01. The summed E-state index contributed by atoms with van der Waals surface area (Å²) in [4.78, 5) is 26.4. The van der Waals surface area contributed by atoms with E-state index in [1.807, 2.05) is 43.0 Å². The van der Waals surface area contributed by atoms with Crippen LogP contribution in [0.2, 0.25) is 0 Å². The van der Waals surface area contributed by atoms with Crippen LogP contribution in [0.25, 0.3) is 0 Å². The van der Waals surface area contributed by atoms with Crippen molar-refractivity contribution in [3.8, 4) is 0 Å².